The van der Waals surface area contributed by atoms with Crippen LogP contribution in [-0.4, -0.2) is 40.5 Å². The van der Waals surface area contributed by atoms with Crippen molar-refractivity contribution in [3.05, 3.63) is 42.0 Å². The molecule has 2 aromatic carbocycles. The summed E-state index contributed by atoms with van der Waals surface area (Å²) in [5.41, 5.74) is 1.63. The first-order chi connectivity index (χ1) is 12.6. The van der Waals surface area contributed by atoms with E-state index in [2.05, 4.69) is 10.6 Å². The highest BCUT2D eigenvalue weighted by Crippen LogP contribution is 2.36. The number of aryl methyl sites for hydroxylation is 1. The highest BCUT2D eigenvalue weighted by atomic mass is 16.5. The predicted octanol–water partition coefficient (Wildman–Crippen LogP) is 3.22. The van der Waals surface area contributed by atoms with Crippen LogP contribution in [0.25, 0.3) is 0 Å². The number of urea groups is 1. The lowest BCUT2D eigenvalue weighted by atomic mass is 10.2. The van der Waals surface area contributed by atoms with Gasteiger partial charge in [0.2, 0.25) is 5.75 Å². The summed E-state index contributed by atoms with van der Waals surface area (Å²) in [5.74, 6) is 2.25. The summed E-state index contributed by atoms with van der Waals surface area (Å²) in [6.07, 6.45) is 0. The van der Waals surface area contributed by atoms with Crippen molar-refractivity contribution in [1.82, 2.24) is 5.32 Å². The molecule has 0 radical (unpaired) electrons. The number of rotatable bonds is 8. The minimum atomic E-state index is -0.338. The van der Waals surface area contributed by atoms with E-state index in [1.807, 2.05) is 25.1 Å². The fraction of sp³-hybridized carbons (Fsp3) is 0.316. The Morgan fingerprint density at radius 2 is 1.69 bits per heavy atom. The van der Waals surface area contributed by atoms with E-state index in [1.165, 1.54) is 0 Å². The van der Waals surface area contributed by atoms with Gasteiger partial charge in [0, 0.05) is 0 Å². The van der Waals surface area contributed by atoms with E-state index in [-0.39, 0.29) is 12.6 Å². The maximum atomic E-state index is 12.0. The van der Waals surface area contributed by atoms with E-state index in [1.54, 1.807) is 39.5 Å². The van der Waals surface area contributed by atoms with E-state index in [9.17, 15) is 4.79 Å². The van der Waals surface area contributed by atoms with Crippen LogP contribution in [0.2, 0.25) is 0 Å². The molecule has 0 heterocycles. The molecule has 7 heteroatoms. The molecule has 0 aliphatic heterocycles. The third-order valence-corrected chi connectivity index (χ3v) is 3.62. The Kier molecular flexibility index (Phi) is 6.96. The van der Waals surface area contributed by atoms with Gasteiger partial charge in [0.1, 0.15) is 12.4 Å². The molecule has 0 aliphatic rings. The molecular formula is C19H24N2O5. The maximum absolute atomic E-state index is 12.0. The zero-order valence-electron chi connectivity index (χ0n) is 15.4. The molecule has 0 saturated heterocycles. The lowest BCUT2D eigenvalue weighted by Gasteiger charge is -2.14. The van der Waals surface area contributed by atoms with Gasteiger partial charge in [-0.2, -0.15) is 0 Å². The Labute approximate surface area is 153 Å². The van der Waals surface area contributed by atoms with Crippen molar-refractivity contribution in [2.45, 2.75) is 6.92 Å². The predicted molar refractivity (Wildman–Crippen MR) is 99.8 cm³/mol. The quantitative estimate of drug-likeness (QED) is 0.707. The number of para-hydroxylation sites is 1. The van der Waals surface area contributed by atoms with Crippen LogP contribution in [0.5, 0.6) is 23.0 Å². The second kappa shape index (κ2) is 9.41. The van der Waals surface area contributed by atoms with Crippen LogP contribution in [0.15, 0.2) is 36.4 Å². The zero-order chi connectivity index (χ0) is 18.9. The van der Waals surface area contributed by atoms with Crippen molar-refractivity contribution in [2.75, 3.05) is 39.8 Å². The molecule has 0 aromatic heterocycles. The van der Waals surface area contributed by atoms with Crippen molar-refractivity contribution < 1.29 is 23.7 Å². The number of ether oxygens (including phenoxy) is 4. The van der Waals surface area contributed by atoms with Crippen LogP contribution in [-0.2, 0) is 0 Å². The molecule has 140 valence electrons. The summed E-state index contributed by atoms with van der Waals surface area (Å²) in [5, 5.41) is 5.50. The number of carbonyl (C=O) groups is 1. The summed E-state index contributed by atoms with van der Waals surface area (Å²) < 4.78 is 21.4. The molecule has 26 heavy (non-hydrogen) atoms. The van der Waals surface area contributed by atoms with Crippen molar-refractivity contribution in [3.63, 3.8) is 0 Å². The molecule has 2 amide bonds. The minimum Gasteiger partial charge on any atom is -0.495 e. The van der Waals surface area contributed by atoms with E-state index < -0.39 is 0 Å². The molecule has 0 spiro atoms. The van der Waals surface area contributed by atoms with E-state index in [0.29, 0.717) is 35.2 Å². The Bertz CT molecular complexity index is 749. The van der Waals surface area contributed by atoms with Gasteiger partial charge in [0.15, 0.2) is 11.5 Å². The van der Waals surface area contributed by atoms with E-state index in [4.69, 9.17) is 18.9 Å². The first kappa shape index (κ1) is 19.2. The first-order valence-electron chi connectivity index (χ1n) is 8.12. The average molecular weight is 360 g/mol. The largest absolute Gasteiger partial charge is 0.495 e. The summed E-state index contributed by atoms with van der Waals surface area (Å²) in [6.45, 7) is 2.54. The Morgan fingerprint density at radius 1 is 0.962 bits per heavy atom. The number of anilines is 1. The topological polar surface area (TPSA) is 78.1 Å². The summed E-state index contributed by atoms with van der Waals surface area (Å²) >= 11 is 0. The Hall–Kier alpha value is -3.09. The average Bonchev–Trinajstić information content (AvgIpc) is 2.65. The number of amides is 2. The van der Waals surface area contributed by atoms with Gasteiger partial charge >= 0.3 is 6.03 Å². The molecule has 0 fully saturated rings. The second-order valence-electron chi connectivity index (χ2n) is 5.42. The summed E-state index contributed by atoms with van der Waals surface area (Å²) in [6, 6.07) is 10.6. The fourth-order valence-corrected chi connectivity index (χ4v) is 2.38. The standard InChI is InChI=1S/C19H24N2O5/c1-13-8-9-15(23-2)14(12-13)21-19(22)20-10-11-26-17-7-5-6-16(24-3)18(17)25-4/h5-9,12H,10-11H2,1-4H3,(H2,20,21,22). The van der Waals surface area contributed by atoms with Crippen LogP contribution in [0.3, 0.4) is 0 Å². The molecule has 0 atom stereocenters. The molecule has 7 nitrogen and oxygen atoms in total. The number of hydrogen-bond donors (Lipinski definition) is 2. The van der Waals surface area contributed by atoms with Gasteiger partial charge in [-0.25, -0.2) is 4.79 Å². The first-order valence-corrected chi connectivity index (χ1v) is 8.12. The van der Waals surface area contributed by atoms with Crippen LogP contribution >= 0.6 is 0 Å². The second-order valence-corrected chi connectivity index (χ2v) is 5.42. The summed E-state index contributed by atoms with van der Waals surface area (Å²) in [4.78, 5) is 12.0. The van der Waals surface area contributed by atoms with Gasteiger partial charge in [0.25, 0.3) is 0 Å². The number of hydrogen-bond acceptors (Lipinski definition) is 5. The molecular weight excluding hydrogens is 336 g/mol. The van der Waals surface area contributed by atoms with Crippen molar-refractivity contribution in [1.29, 1.82) is 0 Å². The highest BCUT2D eigenvalue weighted by molar-refractivity contribution is 5.91. The third-order valence-electron chi connectivity index (χ3n) is 3.62. The molecule has 2 rings (SSSR count). The normalized spacial score (nSPS) is 10.0. The number of nitrogens with one attached hydrogen (secondary N) is 2. The van der Waals surface area contributed by atoms with E-state index in [0.717, 1.165) is 5.56 Å². The lowest BCUT2D eigenvalue weighted by molar-refractivity contribution is 0.245. The van der Waals surface area contributed by atoms with Crippen molar-refractivity contribution in [3.8, 4) is 23.0 Å². The lowest BCUT2D eigenvalue weighted by Crippen LogP contribution is -2.32. The van der Waals surface area contributed by atoms with Crippen molar-refractivity contribution in [2.24, 2.45) is 0 Å². The van der Waals surface area contributed by atoms with Gasteiger partial charge in [-0.15, -0.1) is 0 Å². The SMILES string of the molecule is COc1ccc(C)cc1NC(=O)NCCOc1cccc(OC)c1OC. The summed E-state index contributed by atoms with van der Waals surface area (Å²) in [7, 11) is 4.67. The van der Waals surface area contributed by atoms with Gasteiger partial charge in [-0.05, 0) is 36.8 Å². The van der Waals surface area contributed by atoms with Crippen LogP contribution in [0.4, 0.5) is 10.5 Å². The maximum Gasteiger partial charge on any atom is 0.319 e. The Balaban J connectivity index is 1.85. The molecule has 0 saturated carbocycles. The zero-order valence-corrected chi connectivity index (χ0v) is 15.4. The fourth-order valence-electron chi connectivity index (χ4n) is 2.38. The molecule has 2 N–H and O–H groups in total. The van der Waals surface area contributed by atoms with Crippen molar-refractivity contribution >= 4 is 11.7 Å². The molecule has 0 unspecified atom stereocenters. The van der Waals surface area contributed by atoms with Gasteiger partial charge in [-0.3, -0.25) is 0 Å². The van der Waals surface area contributed by atoms with Crippen LogP contribution in [0, 0.1) is 6.92 Å². The smallest absolute Gasteiger partial charge is 0.319 e. The van der Waals surface area contributed by atoms with Gasteiger partial charge in [-0.1, -0.05) is 12.1 Å². The molecule has 0 bridgehead atoms. The van der Waals surface area contributed by atoms with Crippen LogP contribution < -0.4 is 29.6 Å². The van der Waals surface area contributed by atoms with Gasteiger partial charge < -0.3 is 29.6 Å². The van der Waals surface area contributed by atoms with Gasteiger partial charge in [0.05, 0.1) is 33.6 Å². The third kappa shape index (κ3) is 4.95. The number of benzene rings is 2. The van der Waals surface area contributed by atoms with Crippen LogP contribution in [0.1, 0.15) is 5.56 Å². The van der Waals surface area contributed by atoms with E-state index >= 15 is 0 Å². The number of methoxy groups -OCH3 is 3. The monoisotopic (exact) mass is 360 g/mol. The Morgan fingerprint density at radius 3 is 2.38 bits per heavy atom. The minimum absolute atomic E-state index is 0.280. The molecule has 0 aliphatic carbocycles. The molecule has 2 aromatic rings. The number of carbonyl (C=O) groups excluding carboxylic acids is 1. The highest BCUT2D eigenvalue weighted by Gasteiger charge is 2.11.